The van der Waals surface area contributed by atoms with E-state index in [2.05, 4.69) is 15.5 Å². The second kappa shape index (κ2) is 6.47. The Kier molecular flexibility index (Phi) is 5.25. The molecule has 0 bridgehead atoms. The summed E-state index contributed by atoms with van der Waals surface area (Å²) < 4.78 is 1.71. The van der Waals surface area contributed by atoms with E-state index in [1.807, 2.05) is 27.7 Å². The van der Waals surface area contributed by atoms with Gasteiger partial charge in [0.25, 0.3) is 0 Å². The fourth-order valence-electron chi connectivity index (χ4n) is 2.12. The number of nitrogens with zero attached hydrogens (tertiary/aromatic N) is 4. The Morgan fingerprint density at radius 3 is 2.56 bits per heavy atom. The summed E-state index contributed by atoms with van der Waals surface area (Å²) in [6.45, 7) is 8.70. The number of carboxylic acids is 1. The zero-order valence-electron chi connectivity index (χ0n) is 11.5. The molecule has 18 heavy (non-hydrogen) atoms. The van der Waals surface area contributed by atoms with E-state index in [1.54, 1.807) is 4.68 Å². The highest BCUT2D eigenvalue weighted by atomic mass is 16.4. The Morgan fingerprint density at radius 1 is 1.39 bits per heavy atom. The molecular formula is C12H22N4O2. The number of hydrogen-bond donors (Lipinski definition) is 1. The molecule has 0 aliphatic rings. The Hall–Kier alpha value is -1.46. The second-order valence-corrected chi connectivity index (χ2v) is 5.12. The highest BCUT2D eigenvalue weighted by Gasteiger charge is 2.30. The van der Waals surface area contributed by atoms with E-state index in [9.17, 15) is 9.90 Å². The van der Waals surface area contributed by atoms with E-state index in [-0.39, 0.29) is 5.92 Å². The van der Waals surface area contributed by atoms with Gasteiger partial charge >= 0.3 is 5.97 Å². The molecule has 0 spiro atoms. The fourth-order valence-corrected chi connectivity index (χ4v) is 2.12. The highest BCUT2D eigenvalue weighted by Crippen LogP contribution is 2.28. The van der Waals surface area contributed by atoms with Crippen molar-refractivity contribution < 1.29 is 9.90 Å². The van der Waals surface area contributed by atoms with Gasteiger partial charge in [0, 0.05) is 12.5 Å². The average Bonchev–Trinajstić information content (AvgIpc) is 2.73. The zero-order valence-corrected chi connectivity index (χ0v) is 11.5. The number of carbonyl (C=O) groups is 1. The SMILES string of the molecule is CCCn1nnnc1C(C)C(CC(C)C)C(=O)O. The Labute approximate surface area is 107 Å². The lowest BCUT2D eigenvalue weighted by atomic mass is 9.86. The lowest BCUT2D eigenvalue weighted by molar-refractivity contribution is -0.143. The van der Waals surface area contributed by atoms with Crippen molar-refractivity contribution in [1.82, 2.24) is 20.2 Å². The molecule has 0 aliphatic heterocycles. The van der Waals surface area contributed by atoms with Crippen LogP contribution in [-0.2, 0) is 11.3 Å². The van der Waals surface area contributed by atoms with Gasteiger partial charge < -0.3 is 5.11 Å². The predicted octanol–water partition coefficient (Wildman–Crippen LogP) is 1.93. The first-order valence-corrected chi connectivity index (χ1v) is 6.46. The summed E-state index contributed by atoms with van der Waals surface area (Å²) in [5.41, 5.74) is 0. The summed E-state index contributed by atoms with van der Waals surface area (Å²) in [6, 6.07) is 0. The molecular weight excluding hydrogens is 232 g/mol. The van der Waals surface area contributed by atoms with Crippen LogP contribution in [-0.4, -0.2) is 31.3 Å². The van der Waals surface area contributed by atoms with Crippen molar-refractivity contribution in [2.75, 3.05) is 0 Å². The first kappa shape index (κ1) is 14.6. The molecule has 0 saturated carbocycles. The summed E-state index contributed by atoms with van der Waals surface area (Å²) >= 11 is 0. The van der Waals surface area contributed by atoms with Crippen molar-refractivity contribution in [3.63, 3.8) is 0 Å². The number of aryl methyl sites for hydroxylation is 1. The second-order valence-electron chi connectivity index (χ2n) is 5.12. The fraction of sp³-hybridized carbons (Fsp3) is 0.833. The first-order valence-electron chi connectivity index (χ1n) is 6.46. The Morgan fingerprint density at radius 2 is 2.06 bits per heavy atom. The predicted molar refractivity (Wildman–Crippen MR) is 67.1 cm³/mol. The van der Waals surface area contributed by atoms with Crippen LogP contribution in [0, 0.1) is 11.8 Å². The van der Waals surface area contributed by atoms with Crippen LogP contribution in [0.4, 0.5) is 0 Å². The summed E-state index contributed by atoms with van der Waals surface area (Å²) in [5.74, 6) is -0.380. The molecule has 1 aromatic rings. The maximum atomic E-state index is 11.4. The van der Waals surface area contributed by atoms with Crippen molar-refractivity contribution in [2.45, 2.75) is 53.0 Å². The number of hydrogen-bond acceptors (Lipinski definition) is 4. The Balaban J connectivity index is 2.90. The minimum Gasteiger partial charge on any atom is -0.481 e. The molecule has 0 fully saturated rings. The molecule has 6 nitrogen and oxygen atoms in total. The third-order valence-corrected chi connectivity index (χ3v) is 3.05. The molecule has 1 aromatic heterocycles. The molecule has 0 aromatic carbocycles. The number of aromatic nitrogens is 4. The summed E-state index contributed by atoms with van der Waals surface area (Å²) in [6.07, 6.45) is 1.56. The molecule has 6 heteroatoms. The van der Waals surface area contributed by atoms with Crippen LogP contribution in [0.25, 0.3) is 0 Å². The maximum Gasteiger partial charge on any atom is 0.307 e. The van der Waals surface area contributed by atoms with Gasteiger partial charge in [-0.2, -0.15) is 0 Å². The molecule has 0 aliphatic carbocycles. The largest absolute Gasteiger partial charge is 0.481 e. The van der Waals surface area contributed by atoms with Gasteiger partial charge in [-0.1, -0.05) is 27.7 Å². The smallest absolute Gasteiger partial charge is 0.307 e. The van der Waals surface area contributed by atoms with Gasteiger partial charge in [0.2, 0.25) is 0 Å². The summed E-state index contributed by atoms with van der Waals surface area (Å²) in [7, 11) is 0. The Bertz CT molecular complexity index is 389. The normalized spacial score (nSPS) is 14.7. The van der Waals surface area contributed by atoms with Crippen LogP contribution in [0.1, 0.15) is 52.3 Å². The highest BCUT2D eigenvalue weighted by molar-refractivity contribution is 5.71. The van der Waals surface area contributed by atoms with E-state index >= 15 is 0 Å². The van der Waals surface area contributed by atoms with Gasteiger partial charge in [-0.25, -0.2) is 4.68 Å². The van der Waals surface area contributed by atoms with E-state index in [1.165, 1.54) is 0 Å². The van der Waals surface area contributed by atoms with Crippen LogP contribution in [0.2, 0.25) is 0 Å². The van der Waals surface area contributed by atoms with Crippen LogP contribution < -0.4 is 0 Å². The number of aliphatic carboxylic acids is 1. The molecule has 0 radical (unpaired) electrons. The zero-order chi connectivity index (χ0) is 13.7. The molecule has 1 heterocycles. The van der Waals surface area contributed by atoms with E-state index in [0.29, 0.717) is 18.2 Å². The standard InChI is InChI=1S/C12H22N4O2/c1-5-6-16-11(13-14-15-16)9(4)10(12(17)18)7-8(2)3/h8-10H,5-7H2,1-4H3,(H,17,18). The van der Waals surface area contributed by atoms with Crippen molar-refractivity contribution >= 4 is 5.97 Å². The lowest BCUT2D eigenvalue weighted by Crippen LogP contribution is -2.24. The third kappa shape index (κ3) is 3.51. The van der Waals surface area contributed by atoms with Crippen LogP contribution in [0.5, 0.6) is 0 Å². The first-order chi connectivity index (χ1) is 8.47. The molecule has 2 unspecified atom stereocenters. The molecule has 1 rings (SSSR count). The van der Waals surface area contributed by atoms with Crippen molar-refractivity contribution in [3.8, 4) is 0 Å². The van der Waals surface area contributed by atoms with Gasteiger partial charge in [-0.3, -0.25) is 4.79 Å². The van der Waals surface area contributed by atoms with E-state index < -0.39 is 11.9 Å². The van der Waals surface area contributed by atoms with Gasteiger partial charge in [-0.15, -0.1) is 5.10 Å². The van der Waals surface area contributed by atoms with Gasteiger partial charge in [-0.05, 0) is 29.2 Å². The van der Waals surface area contributed by atoms with Gasteiger partial charge in [0.05, 0.1) is 5.92 Å². The van der Waals surface area contributed by atoms with Gasteiger partial charge in [0.15, 0.2) is 5.82 Å². The third-order valence-electron chi connectivity index (χ3n) is 3.05. The molecule has 2 atom stereocenters. The van der Waals surface area contributed by atoms with E-state index in [0.717, 1.165) is 13.0 Å². The quantitative estimate of drug-likeness (QED) is 0.804. The van der Waals surface area contributed by atoms with Crippen LogP contribution >= 0.6 is 0 Å². The van der Waals surface area contributed by atoms with Crippen molar-refractivity contribution in [3.05, 3.63) is 5.82 Å². The molecule has 0 saturated heterocycles. The minimum atomic E-state index is -0.776. The number of carboxylic acid groups (broad SMARTS) is 1. The lowest BCUT2D eigenvalue weighted by Gasteiger charge is -2.21. The molecule has 102 valence electrons. The average molecular weight is 254 g/mol. The number of rotatable bonds is 7. The van der Waals surface area contributed by atoms with Gasteiger partial charge in [0.1, 0.15) is 0 Å². The molecule has 1 N–H and O–H groups in total. The topological polar surface area (TPSA) is 80.9 Å². The molecule has 0 amide bonds. The van der Waals surface area contributed by atoms with Crippen LogP contribution in [0.15, 0.2) is 0 Å². The maximum absolute atomic E-state index is 11.4. The van der Waals surface area contributed by atoms with Crippen LogP contribution in [0.3, 0.4) is 0 Å². The summed E-state index contributed by atoms with van der Waals surface area (Å²) in [5, 5.41) is 20.9. The van der Waals surface area contributed by atoms with Crippen molar-refractivity contribution in [1.29, 1.82) is 0 Å². The van der Waals surface area contributed by atoms with Crippen molar-refractivity contribution in [2.24, 2.45) is 11.8 Å². The summed E-state index contributed by atoms with van der Waals surface area (Å²) in [4.78, 5) is 11.4. The van der Waals surface area contributed by atoms with E-state index in [4.69, 9.17) is 0 Å². The minimum absolute atomic E-state index is 0.175. The monoisotopic (exact) mass is 254 g/mol. The number of tetrazole rings is 1.